The lowest BCUT2D eigenvalue weighted by Gasteiger charge is -2.22. The molecular weight excluding hydrogens is 170 g/mol. The summed E-state index contributed by atoms with van der Waals surface area (Å²) >= 11 is 0. The van der Waals surface area contributed by atoms with Crippen LogP contribution in [0.4, 0.5) is 0 Å². The van der Waals surface area contributed by atoms with E-state index in [4.69, 9.17) is 0 Å². The quantitative estimate of drug-likeness (QED) is 0.578. The molecule has 1 fully saturated rings. The lowest BCUT2D eigenvalue weighted by atomic mass is 9.95. The maximum Gasteiger partial charge on any atom is 0.0127 e. The summed E-state index contributed by atoms with van der Waals surface area (Å²) in [4.78, 5) is 2.57. The predicted molar refractivity (Wildman–Crippen MR) is 61.3 cm³/mol. The van der Waals surface area contributed by atoms with Crippen LogP contribution in [0.3, 0.4) is 0 Å². The van der Waals surface area contributed by atoms with E-state index in [0.717, 1.165) is 17.9 Å². The van der Waals surface area contributed by atoms with Gasteiger partial charge in [-0.25, -0.2) is 0 Å². The average molecular weight is 193 g/mol. The van der Waals surface area contributed by atoms with Crippen LogP contribution in [0.1, 0.15) is 39.5 Å². The molecule has 0 saturated carbocycles. The molecular formula is C13H23N. The van der Waals surface area contributed by atoms with Crippen LogP contribution < -0.4 is 0 Å². The number of nitrogens with zero attached hydrogens (tertiary/aromatic N) is 1. The molecule has 0 aromatic heterocycles. The SMILES string of the molecule is CC(C)C1=CCC2CCN(C)C2CC1. The normalized spacial score (nSPS) is 34.1. The molecule has 1 nitrogen and oxygen atoms in total. The highest BCUT2D eigenvalue weighted by atomic mass is 15.2. The fourth-order valence-electron chi connectivity index (χ4n) is 3.06. The molecule has 2 rings (SSSR count). The lowest BCUT2D eigenvalue weighted by Crippen LogP contribution is -2.28. The van der Waals surface area contributed by atoms with Gasteiger partial charge in [0.25, 0.3) is 0 Å². The van der Waals surface area contributed by atoms with E-state index in [1.165, 1.54) is 32.2 Å². The lowest BCUT2D eigenvalue weighted by molar-refractivity contribution is 0.261. The molecule has 0 spiro atoms. The van der Waals surface area contributed by atoms with Crippen molar-refractivity contribution in [2.75, 3.05) is 13.6 Å². The van der Waals surface area contributed by atoms with Crippen molar-refractivity contribution in [3.63, 3.8) is 0 Å². The molecule has 2 atom stereocenters. The molecule has 0 bridgehead atoms. The zero-order chi connectivity index (χ0) is 10.1. The fourth-order valence-corrected chi connectivity index (χ4v) is 3.06. The van der Waals surface area contributed by atoms with Gasteiger partial charge < -0.3 is 4.90 Å². The third-order valence-electron chi connectivity index (χ3n) is 4.12. The van der Waals surface area contributed by atoms with Gasteiger partial charge >= 0.3 is 0 Å². The van der Waals surface area contributed by atoms with Crippen LogP contribution in [0, 0.1) is 11.8 Å². The van der Waals surface area contributed by atoms with Gasteiger partial charge in [-0.15, -0.1) is 0 Å². The Labute approximate surface area is 88.2 Å². The van der Waals surface area contributed by atoms with Crippen LogP contribution in [0.15, 0.2) is 11.6 Å². The average Bonchev–Trinajstić information content (AvgIpc) is 2.38. The molecule has 14 heavy (non-hydrogen) atoms. The Kier molecular flexibility index (Phi) is 2.96. The molecule has 2 unspecified atom stereocenters. The second kappa shape index (κ2) is 4.06. The number of likely N-dealkylation sites (tertiary alicyclic amines) is 1. The molecule has 0 aromatic carbocycles. The number of fused-ring (bicyclic) bond motifs is 1. The Morgan fingerprint density at radius 1 is 1.36 bits per heavy atom. The molecule has 1 heterocycles. The zero-order valence-corrected chi connectivity index (χ0v) is 9.79. The van der Waals surface area contributed by atoms with Gasteiger partial charge in [0, 0.05) is 6.04 Å². The Hall–Kier alpha value is -0.300. The summed E-state index contributed by atoms with van der Waals surface area (Å²) in [5.74, 6) is 1.72. The van der Waals surface area contributed by atoms with Crippen LogP contribution >= 0.6 is 0 Å². The largest absolute Gasteiger partial charge is 0.303 e. The van der Waals surface area contributed by atoms with Crippen molar-refractivity contribution >= 4 is 0 Å². The van der Waals surface area contributed by atoms with Gasteiger partial charge in [0.1, 0.15) is 0 Å². The molecule has 0 aromatic rings. The van der Waals surface area contributed by atoms with Gasteiger partial charge in [0.15, 0.2) is 0 Å². The molecule has 1 aliphatic heterocycles. The minimum atomic E-state index is 0.763. The number of rotatable bonds is 1. The van der Waals surface area contributed by atoms with Crippen molar-refractivity contribution < 1.29 is 0 Å². The van der Waals surface area contributed by atoms with Gasteiger partial charge in [-0.3, -0.25) is 0 Å². The Balaban J connectivity index is 2.04. The topological polar surface area (TPSA) is 3.24 Å². The summed E-state index contributed by atoms with van der Waals surface area (Å²) in [7, 11) is 2.30. The van der Waals surface area contributed by atoms with E-state index in [-0.39, 0.29) is 0 Å². The maximum atomic E-state index is 2.57. The zero-order valence-electron chi connectivity index (χ0n) is 9.79. The first kappa shape index (κ1) is 10.2. The summed E-state index contributed by atoms with van der Waals surface area (Å²) in [6.45, 7) is 5.98. The Morgan fingerprint density at radius 3 is 2.86 bits per heavy atom. The van der Waals surface area contributed by atoms with E-state index in [1.807, 2.05) is 0 Å². The summed E-state index contributed by atoms with van der Waals surface area (Å²) in [6, 6.07) is 0.877. The predicted octanol–water partition coefficient (Wildman–Crippen LogP) is 3.07. The van der Waals surface area contributed by atoms with E-state index in [2.05, 4.69) is 31.9 Å². The first-order valence-electron chi connectivity index (χ1n) is 6.07. The monoisotopic (exact) mass is 193 g/mol. The first-order chi connectivity index (χ1) is 6.68. The molecule has 2 aliphatic rings. The minimum Gasteiger partial charge on any atom is -0.303 e. The van der Waals surface area contributed by atoms with Crippen LogP contribution in [-0.4, -0.2) is 24.5 Å². The highest BCUT2D eigenvalue weighted by Gasteiger charge is 2.32. The molecule has 0 N–H and O–H groups in total. The van der Waals surface area contributed by atoms with E-state index in [1.54, 1.807) is 5.57 Å². The van der Waals surface area contributed by atoms with Gasteiger partial charge in [0.2, 0.25) is 0 Å². The van der Waals surface area contributed by atoms with Crippen LogP contribution in [-0.2, 0) is 0 Å². The molecule has 1 aliphatic carbocycles. The number of hydrogen-bond donors (Lipinski definition) is 0. The molecule has 1 heteroatoms. The van der Waals surface area contributed by atoms with Crippen LogP contribution in [0.25, 0.3) is 0 Å². The highest BCUT2D eigenvalue weighted by molar-refractivity contribution is 5.10. The maximum absolute atomic E-state index is 2.57. The van der Waals surface area contributed by atoms with Gasteiger partial charge in [-0.1, -0.05) is 25.5 Å². The third kappa shape index (κ3) is 1.88. The first-order valence-corrected chi connectivity index (χ1v) is 6.07. The highest BCUT2D eigenvalue weighted by Crippen LogP contribution is 2.35. The standard InChI is InChI=1S/C13H23N/c1-10(2)11-4-5-12-8-9-14(3)13(12)7-6-11/h4,10,12-13H,5-9H2,1-3H3. The number of allylic oxidation sites excluding steroid dienone is 2. The van der Waals surface area contributed by atoms with Crippen LogP contribution in [0.5, 0.6) is 0 Å². The Bertz CT molecular complexity index is 229. The fraction of sp³-hybridized carbons (Fsp3) is 0.846. The Morgan fingerprint density at radius 2 is 2.14 bits per heavy atom. The summed E-state index contributed by atoms with van der Waals surface area (Å²) < 4.78 is 0. The van der Waals surface area contributed by atoms with Crippen molar-refractivity contribution in [3.05, 3.63) is 11.6 Å². The van der Waals surface area contributed by atoms with E-state index in [0.29, 0.717) is 0 Å². The van der Waals surface area contributed by atoms with E-state index in [9.17, 15) is 0 Å². The molecule has 80 valence electrons. The van der Waals surface area contributed by atoms with E-state index < -0.39 is 0 Å². The molecule has 1 saturated heterocycles. The van der Waals surface area contributed by atoms with Crippen molar-refractivity contribution in [2.45, 2.75) is 45.6 Å². The van der Waals surface area contributed by atoms with Crippen molar-refractivity contribution in [1.29, 1.82) is 0 Å². The summed E-state index contributed by atoms with van der Waals surface area (Å²) in [5, 5.41) is 0. The summed E-state index contributed by atoms with van der Waals surface area (Å²) in [5.41, 5.74) is 1.70. The van der Waals surface area contributed by atoms with Gasteiger partial charge in [-0.05, 0) is 51.1 Å². The van der Waals surface area contributed by atoms with E-state index >= 15 is 0 Å². The van der Waals surface area contributed by atoms with Crippen molar-refractivity contribution in [2.24, 2.45) is 11.8 Å². The minimum absolute atomic E-state index is 0.763. The third-order valence-corrected chi connectivity index (χ3v) is 4.12. The molecule has 0 radical (unpaired) electrons. The summed E-state index contributed by atoms with van der Waals surface area (Å²) in [6.07, 6.45) is 8.02. The van der Waals surface area contributed by atoms with Gasteiger partial charge in [-0.2, -0.15) is 0 Å². The van der Waals surface area contributed by atoms with Crippen molar-refractivity contribution in [3.8, 4) is 0 Å². The van der Waals surface area contributed by atoms with Crippen molar-refractivity contribution in [1.82, 2.24) is 4.90 Å². The van der Waals surface area contributed by atoms with Gasteiger partial charge in [0.05, 0.1) is 0 Å². The van der Waals surface area contributed by atoms with Crippen LogP contribution in [0.2, 0.25) is 0 Å². The molecule has 0 amide bonds. The second-order valence-electron chi connectivity index (χ2n) is 5.30. The smallest absolute Gasteiger partial charge is 0.0127 e. The second-order valence-corrected chi connectivity index (χ2v) is 5.30. The number of hydrogen-bond acceptors (Lipinski definition) is 1.